The Balaban J connectivity index is 1.96. The predicted molar refractivity (Wildman–Crippen MR) is 88.3 cm³/mol. The average Bonchev–Trinajstić information content (AvgIpc) is 2.55. The molecule has 0 spiro atoms. The number of nitrogens with zero attached hydrogens (tertiary/aromatic N) is 2. The smallest absolute Gasteiger partial charge is 0.132 e. The number of rotatable bonds is 3. The highest BCUT2D eigenvalue weighted by atomic mass is 16.3. The minimum Gasteiger partial charge on any atom is -0.380 e. The van der Waals surface area contributed by atoms with Gasteiger partial charge in [0.25, 0.3) is 0 Å². The van der Waals surface area contributed by atoms with Crippen LogP contribution in [0.4, 0.5) is 0 Å². The number of aryl methyl sites for hydroxylation is 1. The minimum atomic E-state index is -0.843. The zero-order chi connectivity index (χ0) is 15.5. The van der Waals surface area contributed by atoms with Crippen LogP contribution in [0.5, 0.6) is 0 Å². The first-order chi connectivity index (χ1) is 10.7. The van der Waals surface area contributed by atoms with E-state index in [0.717, 1.165) is 16.5 Å². The standard InChI is InChI=1S/C19H16N2O/c1-3-17(22)11-19-20-12-16-10-15(8-9-18(16)21-19)14-6-4-13(2)5-7-14/h1,4-10,12,17,22H,11H2,2H3. The van der Waals surface area contributed by atoms with Gasteiger partial charge in [-0.05, 0) is 30.2 Å². The van der Waals surface area contributed by atoms with Gasteiger partial charge >= 0.3 is 0 Å². The van der Waals surface area contributed by atoms with E-state index in [1.54, 1.807) is 6.20 Å². The van der Waals surface area contributed by atoms with E-state index in [4.69, 9.17) is 6.42 Å². The number of aliphatic hydroxyl groups excluding tert-OH is 1. The fraction of sp³-hybridized carbons (Fsp3) is 0.158. The Bertz CT molecular complexity index is 847. The largest absolute Gasteiger partial charge is 0.380 e. The second-order valence-electron chi connectivity index (χ2n) is 5.31. The number of hydrogen-bond acceptors (Lipinski definition) is 3. The summed E-state index contributed by atoms with van der Waals surface area (Å²) in [4.78, 5) is 8.72. The second kappa shape index (κ2) is 5.97. The molecular weight excluding hydrogens is 272 g/mol. The van der Waals surface area contributed by atoms with E-state index in [9.17, 15) is 5.11 Å². The summed E-state index contributed by atoms with van der Waals surface area (Å²) in [5.74, 6) is 2.83. The van der Waals surface area contributed by atoms with Gasteiger partial charge in [0.2, 0.25) is 0 Å². The molecular formula is C19H16N2O. The van der Waals surface area contributed by atoms with Crippen LogP contribution in [-0.2, 0) is 6.42 Å². The highest BCUT2D eigenvalue weighted by molar-refractivity contribution is 5.83. The van der Waals surface area contributed by atoms with Crippen molar-refractivity contribution in [3.8, 4) is 23.5 Å². The molecule has 3 heteroatoms. The third-order valence-corrected chi connectivity index (χ3v) is 3.58. The van der Waals surface area contributed by atoms with Crippen LogP contribution in [0.3, 0.4) is 0 Å². The van der Waals surface area contributed by atoms with Gasteiger partial charge in [-0.15, -0.1) is 6.42 Å². The van der Waals surface area contributed by atoms with Crippen LogP contribution in [0.25, 0.3) is 22.0 Å². The van der Waals surface area contributed by atoms with Crippen LogP contribution in [0.1, 0.15) is 11.4 Å². The van der Waals surface area contributed by atoms with Gasteiger partial charge in [-0.2, -0.15) is 0 Å². The molecule has 0 bridgehead atoms. The summed E-state index contributed by atoms with van der Waals surface area (Å²) in [5, 5.41) is 10.5. The van der Waals surface area contributed by atoms with Gasteiger partial charge < -0.3 is 5.11 Å². The molecule has 0 radical (unpaired) electrons. The van der Waals surface area contributed by atoms with Crippen LogP contribution in [0.2, 0.25) is 0 Å². The van der Waals surface area contributed by atoms with Crippen LogP contribution in [-0.4, -0.2) is 21.2 Å². The fourth-order valence-corrected chi connectivity index (χ4v) is 2.33. The fourth-order valence-electron chi connectivity index (χ4n) is 2.33. The molecule has 0 aliphatic carbocycles. The van der Waals surface area contributed by atoms with Gasteiger partial charge in [-0.1, -0.05) is 41.8 Å². The Kier molecular flexibility index (Phi) is 3.86. The van der Waals surface area contributed by atoms with Crippen molar-refractivity contribution in [2.75, 3.05) is 0 Å². The van der Waals surface area contributed by atoms with Crippen molar-refractivity contribution in [1.82, 2.24) is 9.97 Å². The Labute approximate surface area is 129 Å². The van der Waals surface area contributed by atoms with E-state index in [2.05, 4.69) is 53.1 Å². The quantitative estimate of drug-likeness (QED) is 0.753. The summed E-state index contributed by atoms with van der Waals surface area (Å²) in [6, 6.07) is 14.5. The number of benzene rings is 2. The number of aromatic nitrogens is 2. The molecule has 0 aliphatic rings. The lowest BCUT2D eigenvalue weighted by Gasteiger charge is -2.06. The molecule has 0 fully saturated rings. The lowest BCUT2D eigenvalue weighted by atomic mass is 10.0. The summed E-state index contributed by atoms with van der Waals surface area (Å²) in [6.07, 6.45) is 6.37. The predicted octanol–water partition coefficient (Wildman–Crippen LogP) is 3.14. The molecule has 0 amide bonds. The molecule has 1 heterocycles. The number of aliphatic hydroxyl groups is 1. The summed E-state index contributed by atoms with van der Waals surface area (Å²) in [5.41, 5.74) is 4.39. The molecule has 3 nitrogen and oxygen atoms in total. The van der Waals surface area contributed by atoms with Crippen molar-refractivity contribution in [3.63, 3.8) is 0 Å². The van der Waals surface area contributed by atoms with Crippen LogP contribution < -0.4 is 0 Å². The molecule has 3 aromatic rings. The first-order valence-corrected chi connectivity index (χ1v) is 7.12. The number of terminal acetylenes is 1. The van der Waals surface area contributed by atoms with Crippen molar-refractivity contribution in [2.45, 2.75) is 19.4 Å². The Hall–Kier alpha value is -2.70. The van der Waals surface area contributed by atoms with Gasteiger partial charge in [0.1, 0.15) is 11.9 Å². The zero-order valence-electron chi connectivity index (χ0n) is 12.3. The number of hydrogen-bond donors (Lipinski definition) is 1. The lowest BCUT2D eigenvalue weighted by molar-refractivity contribution is 0.231. The third-order valence-electron chi connectivity index (χ3n) is 3.58. The van der Waals surface area contributed by atoms with Gasteiger partial charge in [0.05, 0.1) is 5.52 Å². The maximum absolute atomic E-state index is 9.48. The van der Waals surface area contributed by atoms with Gasteiger partial charge in [0, 0.05) is 18.0 Å². The van der Waals surface area contributed by atoms with Crippen molar-refractivity contribution < 1.29 is 5.11 Å². The van der Waals surface area contributed by atoms with E-state index in [1.165, 1.54) is 11.1 Å². The highest BCUT2D eigenvalue weighted by Gasteiger charge is 2.06. The van der Waals surface area contributed by atoms with E-state index in [-0.39, 0.29) is 6.42 Å². The first kappa shape index (κ1) is 14.2. The Morgan fingerprint density at radius 1 is 1.14 bits per heavy atom. The second-order valence-corrected chi connectivity index (χ2v) is 5.31. The van der Waals surface area contributed by atoms with Crippen LogP contribution in [0, 0.1) is 19.3 Å². The molecule has 1 atom stereocenters. The van der Waals surface area contributed by atoms with Crippen molar-refractivity contribution in [1.29, 1.82) is 0 Å². The normalized spacial score (nSPS) is 12.0. The maximum atomic E-state index is 9.48. The summed E-state index contributed by atoms with van der Waals surface area (Å²) < 4.78 is 0. The molecule has 2 aromatic carbocycles. The van der Waals surface area contributed by atoms with Crippen LogP contribution in [0.15, 0.2) is 48.7 Å². The summed E-state index contributed by atoms with van der Waals surface area (Å²) in [7, 11) is 0. The third kappa shape index (κ3) is 2.98. The molecule has 3 rings (SSSR count). The molecule has 108 valence electrons. The molecule has 22 heavy (non-hydrogen) atoms. The Morgan fingerprint density at radius 2 is 1.86 bits per heavy atom. The number of fused-ring (bicyclic) bond motifs is 1. The minimum absolute atomic E-state index is 0.270. The summed E-state index contributed by atoms with van der Waals surface area (Å²) >= 11 is 0. The van der Waals surface area contributed by atoms with Crippen LogP contribution >= 0.6 is 0 Å². The molecule has 1 unspecified atom stereocenters. The molecule has 0 aliphatic heterocycles. The highest BCUT2D eigenvalue weighted by Crippen LogP contribution is 2.23. The van der Waals surface area contributed by atoms with Crippen molar-refractivity contribution in [2.24, 2.45) is 0 Å². The van der Waals surface area contributed by atoms with E-state index in [1.807, 2.05) is 12.1 Å². The molecule has 1 N–H and O–H groups in total. The van der Waals surface area contributed by atoms with Gasteiger partial charge in [-0.25, -0.2) is 9.97 Å². The molecule has 0 saturated heterocycles. The maximum Gasteiger partial charge on any atom is 0.132 e. The first-order valence-electron chi connectivity index (χ1n) is 7.12. The molecule has 1 aromatic heterocycles. The average molecular weight is 288 g/mol. The van der Waals surface area contributed by atoms with Crippen molar-refractivity contribution in [3.05, 3.63) is 60.0 Å². The molecule has 0 saturated carbocycles. The Morgan fingerprint density at radius 3 is 2.59 bits per heavy atom. The SMILES string of the molecule is C#CC(O)Cc1ncc2cc(-c3ccc(C)cc3)ccc2n1. The van der Waals surface area contributed by atoms with Gasteiger partial charge in [0.15, 0.2) is 0 Å². The lowest BCUT2D eigenvalue weighted by Crippen LogP contribution is -2.09. The zero-order valence-corrected chi connectivity index (χ0v) is 12.3. The van der Waals surface area contributed by atoms with Crippen molar-refractivity contribution >= 4 is 10.9 Å². The topological polar surface area (TPSA) is 46.0 Å². The van der Waals surface area contributed by atoms with E-state index in [0.29, 0.717) is 5.82 Å². The monoisotopic (exact) mass is 288 g/mol. The van der Waals surface area contributed by atoms with E-state index >= 15 is 0 Å². The van der Waals surface area contributed by atoms with Gasteiger partial charge in [-0.3, -0.25) is 0 Å². The van der Waals surface area contributed by atoms with E-state index < -0.39 is 6.10 Å². The summed E-state index contributed by atoms with van der Waals surface area (Å²) in [6.45, 7) is 2.07.